The van der Waals surface area contributed by atoms with Crippen molar-refractivity contribution in [3.05, 3.63) is 21.4 Å². The van der Waals surface area contributed by atoms with Gasteiger partial charge in [0.2, 0.25) is 0 Å². The Kier molecular flexibility index (Phi) is 6.02. The molecule has 0 saturated carbocycles. The van der Waals surface area contributed by atoms with Crippen LogP contribution in [0, 0.1) is 6.92 Å². The number of hydrogen-bond donors (Lipinski definition) is 2. The normalized spacial score (nSPS) is 12.6. The van der Waals surface area contributed by atoms with E-state index in [1.165, 1.54) is 11.3 Å². The van der Waals surface area contributed by atoms with Crippen molar-refractivity contribution in [2.75, 3.05) is 12.0 Å². The molecule has 1 heterocycles. The van der Waals surface area contributed by atoms with E-state index in [2.05, 4.69) is 18.5 Å². The third kappa shape index (κ3) is 4.33. The molecule has 0 amide bonds. The zero-order valence-corrected chi connectivity index (χ0v) is 12.1. The molecule has 5 heteroatoms. The van der Waals surface area contributed by atoms with Crippen LogP contribution in [0.2, 0.25) is 0 Å². The fourth-order valence-electron chi connectivity index (χ4n) is 1.58. The molecular weight excluding hydrogens is 254 g/mol. The average molecular weight is 273 g/mol. The van der Waals surface area contributed by atoms with E-state index in [1.807, 2.05) is 18.7 Å². The minimum Gasteiger partial charge on any atom is -0.477 e. The van der Waals surface area contributed by atoms with Crippen LogP contribution in [0.4, 0.5) is 0 Å². The zero-order valence-electron chi connectivity index (χ0n) is 10.4. The van der Waals surface area contributed by atoms with E-state index in [4.69, 9.17) is 5.11 Å². The summed E-state index contributed by atoms with van der Waals surface area (Å²) >= 11 is 3.18. The number of aromatic carboxylic acids is 1. The number of aryl methyl sites for hydroxylation is 1. The van der Waals surface area contributed by atoms with Gasteiger partial charge >= 0.3 is 5.97 Å². The summed E-state index contributed by atoms with van der Waals surface area (Å²) in [4.78, 5) is 12.4. The Morgan fingerprint density at radius 1 is 1.65 bits per heavy atom. The maximum atomic E-state index is 10.8. The highest BCUT2D eigenvalue weighted by Crippen LogP contribution is 2.21. The number of hydrogen-bond acceptors (Lipinski definition) is 4. The lowest BCUT2D eigenvalue weighted by molar-refractivity contribution is 0.0702. The third-order valence-corrected chi connectivity index (χ3v) is 4.49. The maximum Gasteiger partial charge on any atom is 0.345 e. The molecule has 0 aliphatic rings. The van der Waals surface area contributed by atoms with Crippen LogP contribution in [-0.2, 0) is 6.54 Å². The summed E-state index contributed by atoms with van der Waals surface area (Å²) in [5.41, 5.74) is 1.10. The molecule has 96 valence electrons. The Labute approximate surface area is 111 Å². The van der Waals surface area contributed by atoms with Crippen LogP contribution < -0.4 is 5.32 Å². The average Bonchev–Trinajstić information content (AvgIpc) is 2.66. The van der Waals surface area contributed by atoms with Gasteiger partial charge in [0.1, 0.15) is 4.88 Å². The fraction of sp³-hybridized carbons (Fsp3) is 0.583. The van der Waals surface area contributed by atoms with E-state index >= 15 is 0 Å². The molecule has 1 aromatic heterocycles. The lowest BCUT2D eigenvalue weighted by Gasteiger charge is -2.15. The van der Waals surface area contributed by atoms with Crippen LogP contribution in [0.3, 0.4) is 0 Å². The molecule has 0 saturated heterocycles. The Hall–Kier alpha value is -0.520. The molecule has 1 atom stereocenters. The van der Waals surface area contributed by atoms with Gasteiger partial charge in [-0.05, 0) is 31.2 Å². The van der Waals surface area contributed by atoms with Gasteiger partial charge in [0.15, 0.2) is 0 Å². The number of carbonyl (C=O) groups is 1. The molecule has 0 aliphatic heterocycles. The molecular formula is C12H19NO2S2. The molecule has 0 bridgehead atoms. The predicted octanol–water partition coefficient (Wildman–Crippen LogP) is 2.99. The van der Waals surface area contributed by atoms with Gasteiger partial charge < -0.3 is 10.4 Å². The highest BCUT2D eigenvalue weighted by atomic mass is 32.2. The summed E-state index contributed by atoms with van der Waals surface area (Å²) in [5.74, 6) is 0.256. The fourth-order valence-corrected chi connectivity index (χ4v) is 3.21. The molecule has 1 unspecified atom stereocenters. The number of nitrogens with one attached hydrogen (secondary N) is 1. The quantitative estimate of drug-likeness (QED) is 0.802. The van der Waals surface area contributed by atoms with Crippen LogP contribution in [0.5, 0.6) is 0 Å². The number of rotatable bonds is 7. The minimum atomic E-state index is -0.833. The van der Waals surface area contributed by atoms with E-state index in [0.717, 1.165) is 29.2 Å². The first-order valence-corrected chi connectivity index (χ1v) is 7.84. The van der Waals surface area contributed by atoms with Crippen molar-refractivity contribution < 1.29 is 9.90 Å². The third-order valence-electron chi connectivity index (χ3n) is 2.67. The number of carboxylic acid groups (broad SMARTS) is 1. The molecule has 17 heavy (non-hydrogen) atoms. The van der Waals surface area contributed by atoms with Crippen LogP contribution in [0.25, 0.3) is 0 Å². The monoisotopic (exact) mass is 273 g/mol. The number of carboxylic acids is 1. The highest BCUT2D eigenvalue weighted by Gasteiger charge is 2.12. The lowest BCUT2D eigenvalue weighted by Crippen LogP contribution is -2.30. The van der Waals surface area contributed by atoms with Crippen LogP contribution in [-0.4, -0.2) is 29.1 Å². The summed E-state index contributed by atoms with van der Waals surface area (Å²) in [5, 5.41) is 12.4. The van der Waals surface area contributed by atoms with E-state index in [0.29, 0.717) is 10.9 Å². The summed E-state index contributed by atoms with van der Waals surface area (Å²) in [7, 11) is 0. The van der Waals surface area contributed by atoms with Crippen molar-refractivity contribution in [3.8, 4) is 0 Å². The first-order chi connectivity index (χ1) is 8.08. The van der Waals surface area contributed by atoms with E-state index in [9.17, 15) is 4.79 Å². The largest absolute Gasteiger partial charge is 0.477 e. The van der Waals surface area contributed by atoms with Crippen LogP contribution >= 0.6 is 23.1 Å². The molecule has 0 radical (unpaired) electrons. The van der Waals surface area contributed by atoms with Gasteiger partial charge in [-0.1, -0.05) is 6.92 Å². The van der Waals surface area contributed by atoms with Gasteiger partial charge in [0, 0.05) is 23.2 Å². The second-order valence-corrected chi connectivity index (χ2v) is 6.11. The van der Waals surface area contributed by atoms with Gasteiger partial charge in [-0.3, -0.25) is 0 Å². The number of thiophene rings is 1. The topological polar surface area (TPSA) is 49.3 Å². The first kappa shape index (κ1) is 14.5. The van der Waals surface area contributed by atoms with Crippen molar-refractivity contribution in [3.63, 3.8) is 0 Å². The van der Waals surface area contributed by atoms with E-state index < -0.39 is 5.97 Å². The minimum absolute atomic E-state index is 0.428. The smallest absolute Gasteiger partial charge is 0.345 e. The SMILES string of the molecule is CCC(CSC)NCc1cc(C(=O)O)sc1C. The summed E-state index contributed by atoms with van der Waals surface area (Å²) in [6.45, 7) is 4.90. The Morgan fingerprint density at radius 2 is 2.35 bits per heavy atom. The van der Waals surface area contributed by atoms with Gasteiger partial charge in [-0.25, -0.2) is 4.79 Å². The Bertz CT molecular complexity index is 377. The first-order valence-electron chi connectivity index (χ1n) is 5.63. The van der Waals surface area contributed by atoms with E-state index in [1.54, 1.807) is 6.07 Å². The van der Waals surface area contributed by atoms with Crippen molar-refractivity contribution in [1.82, 2.24) is 5.32 Å². The Balaban J connectivity index is 2.59. The second kappa shape index (κ2) is 7.03. The van der Waals surface area contributed by atoms with Crippen LogP contribution in [0.1, 0.15) is 33.5 Å². The maximum absolute atomic E-state index is 10.8. The predicted molar refractivity (Wildman–Crippen MR) is 75.3 cm³/mol. The molecule has 0 spiro atoms. The van der Waals surface area contributed by atoms with Gasteiger partial charge in [0.05, 0.1) is 0 Å². The number of thioether (sulfide) groups is 1. The summed E-state index contributed by atoms with van der Waals surface area (Å²) < 4.78 is 0. The van der Waals surface area contributed by atoms with Gasteiger partial charge in [0.25, 0.3) is 0 Å². The second-order valence-electron chi connectivity index (χ2n) is 3.94. The van der Waals surface area contributed by atoms with Crippen molar-refractivity contribution in [2.24, 2.45) is 0 Å². The summed E-state index contributed by atoms with van der Waals surface area (Å²) in [6.07, 6.45) is 3.19. The Morgan fingerprint density at radius 3 is 2.82 bits per heavy atom. The van der Waals surface area contributed by atoms with Crippen molar-refractivity contribution >= 4 is 29.1 Å². The highest BCUT2D eigenvalue weighted by molar-refractivity contribution is 7.98. The molecule has 1 aromatic rings. The van der Waals surface area contributed by atoms with Gasteiger partial charge in [-0.2, -0.15) is 11.8 Å². The molecule has 0 aliphatic carbocycles. The summed E-state index contributed by atoms with van der Waals surface area (Å²) in [6, 6.07) is 2.28. The molecule has 0 aromatic carbocycles. The molecule has 1 rings (SSSR count). The van der Waals surface area contributed by atoms with Crippen molar-refractivity contribution in [1.29, 1.82) is 0 Å². The van der Waals surface area contributed by atoms with Crippen LogP contribution in [0.15, 0.2) is 6.07 Å². The van der Waals surface area contributed by atoms with Gasteiger partial charge in [-0.15, -0.1) is 11.3 Å². The van der Waals surface area contributed by atoms with E-state index in [-0.39, 0.29) is 0 Å². The molecule has 0 fully saturated rings. The van der Waals surface area contributed by atoms with Crippen molar-refractivity contribution in [2.45, 2.75) is 32.9 Å². The molecule has 3 nitrogen and oxygen atoms in total. The standard InChI is InChI=1S/C12H19NO2S2/c1-4-10(7-16-3)13-6-9-5-11(12(14)15)17-8(9)2/h5,10,13H,4,6-7H2,1-3H3,(H,14,15). The lowest BCUT2D eigenvalue weighted by atomic mass is 10.2. The molecule has 2 N–H and O–H groups in total. The zero-order chi connectivity index (χ0) is 12.8.